The second-order valence-corrected chi connectivity index (χ2v) is 4.35. The molecule has 0 saturated heterocycles. The molecule has 1 aliphatic rings. The van der Waals surface area contributed by atoms with Crippen LogP contribution in [-0.2, 0) is 9.47 Å². The standard InChI is InChI=1S/C8H10.C6H12O2.C2H2O/c1-7-3-5-8(2)6-4-7;1-7-4-5-8-6-2-3-6;1-2-3/h3-6H,1-2H3;6H,2-5H2,1H3;1,3H. The van der Waals surface area contributed by atoms with Crippen molar-refractivity contribution in [1.82, 2.24) is 0 Å². The summed E-state index contributed by atoms with van der Waals surface area (Å²) in [6, 6.07) is 8.48. The van der Waals surface area contributed by atoms with E-state index in [2.05, 4.69) is 44.5 Å². The fourth-order valence-corrected chi connectivity index (χ4v) is 1.17. The van der Waals surface area contributed by atoms with Crippen molar-refractivity contribution in [3.63, 3.8) is 0 Å². The van der Waals surface area contributed by atoms with Crippen molar-refractivity contribution in [2.75, 3.05) is 20.3 Å². The average molecular weight is 264 g/mol. The van der Waals surface area contributed by atoms with Crippen molar-refractivity contribution < 1.29 is 14.6 Å². The van der Waals surface area contributed by atoms with Crippen LogP contribution in [0.1, 0.15) is 24.0 Å². The zero-order chi connectivity index (χ0) is 14.5. The maximum atomic E-state index is 7.10. The Bertz CT molecular complexity index is 326. The molecule has 0 spiro atoms. The number of aryl methyl sites for hydroxylation is 2. The molecule has 1 fully saturated rings. The van der Waals surface area contributed by atoms with Crippen molar-refractivity contribution in [1.29, 1.82) is 0 Å². The largest absolute Gasteiger partial charge is 0.462 e. The van der Waals surface area contributed by atoms with Crippen LogP contribution in [0.3, 0.4) is 0 Å². The average Bonchev–Trinajstić information content (AvgIpc) is 3.19. The van der Waals surface area contributed by atoms with Crippen LogP contribution >= 0.6 is 0 Å². The predicted molar refractivity (Wildman–Crippen MR) is 77.5 cm³/mol. The number of terminal acetylenes is 1. The Balaban J connectivity index is 0.000000284. The second-order valence-electron chi connectivity index (χ2n) is 4.35. The third-order valence-corrected chi connectivity index (χ3v) is 2.38. The Kier molecular flexibility index (Phi) is 10.7. The summed E-state index contributed by atoms with van der Waals surface area (Å²) in [5.74, 6) is 0. The number of aliphatic hydroxyl groups is 1. The topological polar surface area (TPSA) is 38.7 Å². The van der Waals surface area contributed by atoms with Crippen LogP contribution in [0.2, 0.25) is 0 Å². The normalized spacial score (nSPS) is 12.3. The van der Waals surface area contributed by atoms with E-state index < -0.39 is 0 Å². The molecule has 0 bridgehead atoms. The molecule has 1 N–H and O–H groups in total. The fourth-order valence-electron chi connectivity index (χ4n) is 1.17. The summed E-state index contributed by atoms with van der Waals surface area (Å²) in [7, 11) is 1.69. The first-order chi connectivity index (χ1) is 9.13. The number of rotatable bonds is 4. The quantitative estimate of drug-likeness (QED) is 0.671. The zero-order valence-corrected chi connectivity index (χ0v) is 12.1. The van der Waals surface area contributed by atoms with Gasteiger partial charge in [-0.1, -0.05) is 41.8 Å². The molecule has 106 valence electrons. The van der Waals surface area contributed by atoms with Crippen LogP contribution in [0.5, 0.6) is 0 Å². The van der Waals surface area contributed by atoms with Gasteiger partial charge in [-0.05, 0) is 26.7 Å². The Hall–Kier alpha value is -1.50. The summed E-state index contributed by atoms with van der Waals surface area (Å²) in [6.07, 6.45) is 8.48. The SMILES string of the molecule is C#CO.COCCOC1CC1.Cc1ccc(C)cc1. The van der Waals surface area contributed by atoms with Gasteiger partial charge in [0.15, 0.2) is 0 Å². The van der Waals surface area contributed by atoms with Crippen LogP contribution in [0.25, 0.3) is 0 Å². The predicted octanol–water partition coefficient (Wildman–Crippen LogP) is 3.06. The van der Waals surface area contributed by atoms with Gasteiger partial charge < -0.3 is 14.6 Å². The Labute approximate surface area is 116 Å². The number of benzene rings is 1. The van der Waals surface area contributed by atoms with E-state index in [1.165, 1.54) is 30.1 Å². The lowest BCUT2D eigenvalue weighted by molar-refractivity contribution is 0.0611. The Morgan fingerprint density at radius 2 is 1.58 bits per heavy atom. The lowest BCUT2D eigenvalue weighted by atomic mass is 10.2. The molecular weight excluding hydrogens is 240 g/mol. The number of hydrogen-bond acceptors (Lipinski definition) is 3. The van der Waals surface area contributed by atoms with Gasteiger partial charge in [0.2, 0.25) is 0 Å². The van der Waals surface area contributed by atoms with Gasteiger partial charge in [-0.15, -0.1) is 0 Å². The van der Waals surface area contributed by atoms with Crippen molar-refractivity contribution in [2.45, 2.75) is 32.8 Å². The van der Waals surface area contributed by atoms with E-state index in [1.54, 1.807) is 7.11 Å². The first-order valence-corrected chi connectivity index (χ1v) is 6.37. The minimum atomic E-state index is 0.574. The van der Waals surface area contributed by atoms with E-state index in [0.717, 1.165) is 13.2 Å². The number of hydrogen-bond donors (Lipinski definition) is 1. The van der Waals surface area contributed by atoms with Gasteiger partial charge in [0.05, 0.1) is 19.3 Å². The molecule has 0 atom stereocenters. The van der Waals surface area contributed by atoms with Gasteiger partial charge in [0.1, 0.15) is 6.11 Å². The molecule has 2 rings (SSSR count). The van der Waals surface area contributed by atoms with Crippen LogP contribution < -0.4 is 0 Å². The van der Waals surface area contributed by atoms with Crippen LogP contribution in [0.4, 0.5) is 0 Å². The molecule has 3 heteroatoms. The van der Waals surface area contributed by atoms with Gasteiger partial charge in [-0.25, -0.2) is 0 Å². The van der Waals surface area contributed by atoms with Gasteiger partial charge in [0.25, 0.3) is 0 Å². The van der Waals surface area contributed by atoms with E-state index in [-0.39, 0.29) is 0 Å². The van der Waals surface area contributed by atoms with Crippen LogP contribution in [0, 0.1) is 26.4 Å². The Morgan fingerprint density at radius 1 is 1.16 bits per heavy atom. The molecule has 3 nitrogen and oxygen atoms in total. The molecular formula is C16H24O3. The molecule has 0 aliphatic heterocycles. The van der Waals surface area contributed by atoms with Crippen molar-refractivity contribution in [3.8, 4) is 12.5 Å². The van der Waals surface area contributed by atoms with E-state index in [9.17, 15) is 0 Å². The zero-order valence-electron chi connectivity index (χ0n) is 12.1. The summed E-state index contributed by atoms with van der Waals surface area (Å²) in [5.41, 5.74) is 2.66. The van der Waals surface area contributed by atoms with Crippen molar-refractivity contribution >= 4 is 0 Å². The maximum Gasteiger partial charge on any atom is 0.103 e. The highest BCUT2D eigenvalue weighted by atomic mass is 16.5. The van der Waals surface area contributed by atoms with Gasteiger partial charge in [0, 0.05) is 7.11 Å². The monoisotopic (exact) mass is 264 g/mol. The lowest BCUT2D eigenvalue weighted by Gasteiger charge is -1.97. The molecule has 1 aromatic carbocycles. The summed E-state index contributed by atoms with van der Waals surface area (Å²) < 4.78 is 10.1. The highest BCUT2D eigenvalue weighted by molar-refractivity contribution is 5.19. The number of aliphatic hydroxyl groups excluding tert-OH is 1. The first kappa shape index (κ1) is 17.5. The van der Waals surface area contributed by atoms with Crippen molar-refractivity contribution in [3.05, 3.63) is 35.4 Å². The smallest absolute Gasteiger partial charge is 0.103 e. The van der Waals surface area contributed by atoms with E-state index in [1.807, 2.05) is 0 Å². The molecule has 0 aromatic heterocycles. The molecule has 0 unspecified atom stereocenters. The first-order valence-electron chi connectivity index (χ1n) is 6.37. The summed E-state index contributed by atoms with van der Waals surface area (Å²) >= 11 is 0. The molecule has 1 saturated carbocycles. The van der Waals surface area contributed by atoms with Crippen LogP contribution in [-0.4, -0.2) is 31.5 Å². The third kappa shape index (κ3) is 12.7. The Morgan fingerprint density at radius 3 is 1.89 bits per heavy atom. The number of ether oxygens (including phenoxy) is 2. The molecule has 0 heterocycles. The fraction of sp³-hybridized carbons (Fsp3) is 0.500. The number of methoxy groups -OCH3 is 1. The molecule has 1 aliphatic carbocycles. The lowest BCUT2D eigenvalue weighted by Crippen LogP contribution is -2.02. The molecule has 0 amide bonds. The van der Waals surface area contributed by atoms with Gasteiger partial charge >= 0.3 is 0 Å². The minimum Gasteiger partial charge on any atom is -0.462 e. The molecule has 1 aromatic rings. The second kappa shape index (κ2) is 11.6. The maximum absolute atomic E-state index is 7.10. The summed E-state index contributed by atoms with van der Waals surface area (Å²) in [5, 5.41) is 7.10. The van der Waals surface area contributed by atoms with Gasteiger partial charge in [-0.2, -0.15) is 0 Å². The molecule has 19 heavy (non-hydrogen) atoms. The highest BCUT2D eigenvalue weighted by Gasteiger charge is 2.21. The third-order valence-electron chi connectivity index (χ3n) is 2.38. The van der Waals surface area contributed by atoms with Crippen molar-refractivity contribution in [2.24, 2.45) is 0 Å². The van der Waals surface area contributed by atoms with E-state index in [4.69, 9.17) is 14.6 Å². The van der Waals surface area contributed by atoms with E-state index in [0.29, 0.717) is 6.10 Å². The molecule has 0 radical (unpaired) electrons. The van der Waals surface area contributed by atoms with Crippen LogP contribution in [0.15, 0.2) is 24.3 Å². The van der Waals surface area contributed by atoms with E-state index >= 15 is 0 Å². The highest BCUT2D eigenvalue weighted by Crippen LogP contribution is 2.22. The summed E-state index contributed by atoms with van der Waals surface area (Å²) in [6.45, 7) is 5.69. The summed E-state index contributed by atoms with van der Waals surface area (Å²) in [4.78, 5) is 0. The minimum absolute atomic E-state index is 0.574. The van der Waals surface area contributed by atoms with Gasteiger partial charge in [-0.3, -0.25) is 0 Å².